The molecule has 2 N–H and O–H groups in total. The molecule has 0 aliphatic rings. The van der Waals surface area contributed by atoms with Gasteiger partial charge in [-0.1, -0.05) is 42.5 Å². The van der Waals surface area contributed by atoms with Crippen molar-refractivity contribution in [2.24, 2.45) is 0 Å². The summed E-state index contributed by atoms with van der Waals surface area (Å²) in [6.45, 7) is 1.73. The maximum atomic E-state index is 12.7. The number of aromatic nitrogens is 1. The van der Waals surface area contributed by atoms with Crippen LogP contribution in [0.25, 0.3) is 21.8 Å². The van der Waals surface area contributed by atoms with Crippen LogP contribution in [0.2, 0.25) is 0 Å². The van der Waals surface area contributed by atoms with Gasteiger partial charge in [-0.3, -0.25) is 9.52 Å². The van der Waals surface area contributed by atoms with E-state index in [0.29, 0.717) is 12.2 Å². The molecule has 0 radical (unpaired) electrons. The van der Waals surface area contributed by atoms with E-state index in [0.717, 1.165) is 38.0 Å². The van der Waals surface area contributed by atoms with Gasteiger partial charge in [-0.05, 0) is 24.3 Å². The average Bonchev–Trinajstić information content (AvgIpc) is 3.44. The van der Waals surface area contributed by atoms with E-state index in [1.54, 1.807) is 35.6 Å². The zero-order chi connectivity index (χ0) is 21.8. The molecule has 0 spiro atoms. The summed E-state index contributed by atoms with van der Waals surface area (Å²) in [4.78, 5) is 16.5. The first kappa shape index (κ1) is 21.2. The molecule has 0 aliphatic heterocycles. The third-order valence-corrected chi connectivity index (χ3v) is 8.22. The maximum Gasteiger partial charge on any atom is 0.271 e. The minimum Gasteiger partial charge on any atom is -0.351 e. The second-order valence-electron chi connectivity index (χ2n) is 6.72. The third-order valence-electron chi connectivity index (χ3n) is 4.37. The molecule has 0 bridgehead atoms. The zero-order valence-electron chi connectivity index (χ0n) is 16.5. The summed E-state index contributed by atoms with van der Waals surface area (Å²) in [5, 5.41) is 5.59. The number of nitrogens with zero attached hydrogens (tertiary/aromatic N) is 1. The minimum absolute atomic E-state index is 0.160. The van der Waals surface area contributed by atoms with Gasteiger partial charge >= 0.3 is 0 Å². The summed E-state index contributed by atoms with van der Waals surface area (Å²) in [6.07, 6.45) is 0. The molecule has 2 heterocycles. The van der Waals surface area contributed by atoms with Crippen molar-refractivity contribution in [3.05, 3.63) is 77.0 Å². The molecule has 0 unspecified atom stereocenters. The Hall–Kier alpha value is -3.01. The Bertz CT molecular complexity index is 1290. The van der Waals surface area contributed by atoms with Crippen LogP contribution in [-0.2, 0) is 21.4 Å². The van der Waals surface area contributed by atoms with Gasteiger partial charge in [-0.2, -0.15) is 0 Å². The number of hydrogen-bond donors (Lipinski definition) is 2. The maximum absolute atomic E-state index is 12.7. The SMILES string of the molecule is CC(=O)NCc1ccc(S(=O)(=O)Nc2ccc(-c3csc(-c4ccccc4)n3)cc2)s1. The molecule has 0 aliphatic carbocycles. The Kier molecular flexibility index (Phi) is 6.17. The number of sulfonamides is 1. The molecule has 1 amide bonds. The van der Waals surface area contributed by atoms with Gasteiger partial charge in [0.25, 0.3) is 10.0 Å². The molecule has 0 saturated carbocycles. The Morgan fingerprint density at radius 1 is 0.968 bits per heavy atom. The number of amides is 1. The van der Waals surface area contributed by atoms with Crippen molar-refractivity contribution in [2.75, 3.05) is 4.72 Å². The monoisotopic (exact) mass is 469 g/mol. The van der Waals surface area contributed by atoms with Crippen LogP contribution in [0.15, 0.2) is 76.3 Å². The van der Waals surface area contributed by atoms with Crippen LogP contribution in [0.5, 0.6) is 0 Å². The Morgan fingerprint density at radius 3 is 2.42 bits per heavy atom. The number of anilines is 1. The quantitative estimate of drug-likeness (QED) is 0.400. The van der Waals surface area contributed by atoms with E-state index < -0.39 is 10.0 Å². The van der Waals surface area contributed by atoms with Crippen molar-refractivity contribution in [1.29, 1.82) is 0 Å². The van der Waals surface area contributed by atoms with Crippen molar-refractivity contribution in [2.45, 2.75) is 17.7 Å². The number of thiazole rings is 1. The topological polar surface area (TPSA) is 88.2 Å². The fourth-order valence-corrected chi connectivity index (χ4v) is 6.03. The lowest BCUT2D eigenvalue weighted by Gasteiger charge is -2.07. The summed E-state index contributed by atoms with van der Waals surface area (Å²) >= 11 is 2.70. The predicted octanol–water partition coefficient (Wildman–Crippen LogP) is 4.98. The van der Waals surface area contributed by atoms with E-state index in [9.17, 15) is 13.2 Å². The first-order valence-corrected chi connectivity index (χ1v) is 12.6. The third kappa shape index (κ3) is 5.19. The number of carbonyl (C=O) groups is 1. The Morgan fingerprint density at radius 2 is 1.71 bits per heavy atom. The van der Waals surface area contributed by atoms with Crippen molar-refractivity contribution in [3.63, 3.8) is 0 Å². The molecule has 0 saturated heterocycles. The van der Waals surface area contributed by atoms with E-state index in [4.69, 9.17) is 0 Å². The van der Waals surface area contributed by atoms with Gasteiger partial charge in [-0.15, -0.1) is 22.7 Å². The largest absolute Gasteiger partial charge is 0.351 e. The van der Waals surface area contributed by atoms with Crippen molar-refractivity contribution in [1.82, 2.24) is 10.3 Å². The van der Waals surface area contributed by atoms with Gasteiger partial charge < -0.3 is 5.32 Å². The second kappa shape index (κ2) is 9.01. The molecular formula is C22H19N3O3S3. The molecule has 0 atom stereocenters. The van der Waals surface area contributed by atoms with Crippen molar-refractivity contribution in [3.8, 4) is 21.8 Å². The van der Waals surface area contributed by atoms with Crippen LogP contribution in [0.4, 0.5) is 5.69 Å². The molecular weight excluding hydrogens is 450 g/mol. The van der Waals surface area contributed by atoms with E-state index in [1.165, 1.54) is 6.92 Å². The Balaban J connectivity index is 1.46. The fourth-order valence-electron chi connectivity index (χ4n) is 2.84. The van der Waals surface area contributed by atoms with Gasteiger partial charge in [0.05, 0.1) is 12.2 Å². The first-order valence-electron chi connectivity index (χ1n) is 9.38. The number of hydrogen-bond acceptors (Lipinski definition) is 6. The van der Waals surface area contributed by atoms with Crippen LogP contribution in [0.1, 0.15) is 11.8 Å². The highest BCUT2D eigenvalue weighted by Crippen LogP contribution is 2.30. The molecule has 4 rings (SSSR count). The van der Waals surface area contributed by atoms with Gasteiger partial charge in [0, 0.05) is 34.0 Å². The normalized spacial score (nSPS) is 11.3. The number of nitrogens with one attached hydrogen (secondary N) is 2. The van der Waals surface area contributed by atoms with Gasteiger partial charge in [-0.25, -0.2) is 13.4 Å². The molecule has 6 nitrogen and oxygen atoms in total. The van der Waals surface area contributed by atoms with Crippen LogP contribution >= 0.6 is 22.7 Å². The molecule has 158 valence electrons. The second-order valence-corrected chi connectivity index (χ2v) is 10.7. The van der Waals surface area contributed by atoms with Crippen LogP contribution < -0.4 is 10.0 Å². The van der Waals surface area contributed by atoms with Crippen LogP contribution in [0.3, 0.4) is 0 Å². The first-order chi connectivity index (χ1) is 14.9. The van der Waals surface area contributed by atoms with Gasteiger partial charge in [0.15, 0.2) is 0 Å². The molecule has 9 heteroatoms. The lowest BCUT2D eigenvalue weighted by Crippen LogP contribution is -2.18. The van der Waals surface area contributed by atoms with Crippen molar-refractivity contribution >= 4 is 44.3 Å². The average molecular weight is 470 g/mol. The summed E-state index contributed by atoms with van der Waals surface area (Å²) in [5.74, 6) is -0.160. The summed E-state index contributed by atoms with van der Waals surface area (Å²) < 4.78 is 28.1. The number of benzene rings is 2. The highest BCUT2D eigenvalue weighted by molar-refractivity contribution is 7.94. The highest BCUT2D eigenvalue weighted by atomic mass is 32.2. The van der Waals surface area contributed by atoms with Crippen LogP contribution in [-0.4, -0.2) is 19.3 Å². The van der Waals surface area contributed by atoms with E-state index in [2.05, 4.69) is 15.0 Å². The van der Waals surface area contributed by atoms with Gasteiger partial charge in [0.1, 0.15) is 9.22 Å². The summed E-state index contributed by atoms with van der Waals surface area (Å²) in [7, 11) is -3.70. The number of thiophene rings is 1. The minimum atomic E-state index is -3.70. The fraction of sp³-hybridized carbons (Fsp3) is 0.0909. The number of carbonyl (C=O) groups excluding carboxylic acids is 1. The summed E-state index contributed by atoms with van der Waals surface area (Å²) in [5.41, 5.74) is 3.30. The molecule has 2 aromatic carbocycles. The van der Waals surface area contributed by atoms with E-state index in [1.807, 2.05) is 47.8 Å². The highest BCUT2D eigenvalue weighted by Gasteiger charge is 2.17. The van der Waals surface area contributed by atoms with E-state index in [-0.39, 0.29) is 10.1 Å². The van der Waals surface area contributed by atoms with Crippen LogP contribution in [0, 0.1) is 0 Å². The molecule has 0 fully saturated rings. The molecule has 2 aromatic heterocycles. The van der Waals surface area contributed by atoms with Gasteiger partial charge in [0.2, 0.25) is 5.91 Å². The smallest absolute Gasteiger partial charge is 0.271 e. The molecule has 31 heavy (non-hydrogen) atoms. The predicted molar refractivity (Wildman–Crippen MR) is 126 cm³/mol. The lowest BCUT2D eigenvalue weighted by molar-refractivity contribution is -0.119. The molecule has 4 aromatic rings. The zero-order valence-corrected chi connectivity index (χ0v) is 19.0. The number of rotatable bonds is 7. The lowest BCUT2D eigenvalue weighted by atomic mass is 10.1. The standard InChI is InChI=1S/C22H19N3O3S3/c1-15(26)23-13-19-11-12-21(30-19)31(27,28)25-18-9-7-16(8-10-18)20-14-29-22(24-20)17-5-3-2-4-6-17/h2-12,14,25H,13H2,1H3,(H,23,26). The Labute approximate surface area is 188 Å². The summed E-state index contributed by atoms with van der Waals surface area (Å²) in [6, 6.07) is 20.3. The van der Waals surface area contributed by atoms with Crippen molar-refractivity contribution < 1.29 is 13.2 Å². The van der Waals surface area contributed by atoms with E-state index >= 15 is 0 Å².